The van der Waals surface area contributed by atoms with Gasteiger partial charge in [0.15, 0.2) is 0 Å². The van der Waals surface area contributed by atoms with Crippen LogP contribution in [0.5, 0.6) is 0 Å². The van der Waals surface area contributed by atoms with Crippen LogP contribution in [0.4, 0.5) is 0 Å². The van der Waals surface area contributed by atoms with Crippen molar-refractivity contribution >= 4 is 11.8 Å². The third kappa shape index (κ3) is 7.32. The number of carbonyl (C=O) groups excluding carboxylic acids is 2. The Morgan fingerprint density at radius 3 is 2.19 bits per heavy atom. The molecule has 0 saturated heterocycles. The lowest BCUT2D eigenvalue weighted by atomic mass is 9.41. The molecule has 4 aliphatic rings. The first-order valence-corrected chi connectivity index (χ1v) is 18.5. The number of hydrogen-bond acceptors (Lipinski definition) is 3. The first-order valence-electron chi connectivity index (χ1n) is 18.5. The van der Waals surface area contributed by atoms with Gasteiger partial charge in [0.25, 0.3) is 0 Å². The average Bonchev–Trinajstić information content (AvgIpc) is 3.26. The van der Waals surface area contributed by atoms with Crippen LogP contribution in [-0.2, 0) is 14.3 Å². The maximum absolute atomic E-state index is 13.4. The predicted octanol–water partition coefficient (Wildman–Crippen LogP) is 11.0. The summed E-state index contributed by atoms with van der Waals surface area (Å²) in [5.74, 6) is 4.54. The number of hydrogen-bond donors (Lipinski definition) is 0. The molecule has 3 saturated carbocycles. The third-order valence-electron chi connectivity index (χ3n) is 13.3. The molecule has 0 spiro atoms. The first kappa shape index (κ1) is 34.7. The molecule has 246 valence electrons. The summed E-state index contributed by atoms with van der Waals surface area (Å²) in [6, 6.07) is 0. The highest BCUT2D eigenvalue weighted by Gasteiger charge is 2.64. The van der Waals surface area contributed by atoms with Crippen molar-refractivity contribution in [3.63, 3.8) is 0 Å². The molecule has 0 aliphatic heterocycles. The standard InChI is InChI=1S/C40H68O3/c1-26(2)12-11-13-29(7)34-14-15-35-39(34,9)21-18-36-38(8)20-17-33(25-31(38)16-19-40(35,36)10)43-37(42)30(22-27(3)4)24-32(41)23-28(5)6/h16,26-30,33-36H,11-15,17-25H2,1-10H3/t29-,30?,33+,34-,35-,36-,38+,39-,40+/m1/s1. The quantitative estimate of drug-likeness (QED) is 0.157. The Balaban J connectivity index is 1.43. The zero-order valence-electron chi connectivity index (χ0n) is 29.9. The molecule has 0 radical (unpaired) electrons. The molecule has 43 heavy (non-hydrogen) atoms. The summed E-state index contributed by atoms with van der Waals surface area (Å²) in [7, 11) is 0. The first-order chi connectivity index (χ1) is 20.1. The SMILES string of the molecule is CC(C)CCC[C@@H](C)[C@H]1CC[C@@H]2[C@]1(C)CC[C@H]1[C@@]2(C)CC=C2C[C@@H](OC(=O)C(CC(=O)CC(C)C)CC(C)C)CC[C@@]21C. The number of ether oxygens (including phenoxy) is 1. The maximum atomic E-state index is 13.4. The number of allylic oxidation sites excluding steroid dienone is 1. The Labute approximate surface area is 266 Å². The van der Waals surface area contributed by atoms with Crippen LogP contribution in [-0.4, -0.2) is 17.9 Å². The molecule has 1 unspecified atom stereocenters. The van der Waals surface area contributed by atoms with Gasteiger partial charge in [-0.15, -0.1) is 0 Å². The van der Waals surface area contributed by atoms with E-state index in [0.29, 0.717) is 35.5 Å². The molecule has 3 nitrogen and oxygen atoms in total. The van der Waals surface area contributed by atoms with Crippen LogP contribution >= 0.6 is 0 Å². The van der Waals surface area contributed by atoms with Gasteiger partial charge in [0.1, 0.15) is 11.9 Å². The molecule has 3 fully saturated rings. The highest BCUT2D eigenvalue weighted by molar-refractivity contribution is 5.84. The number of esters is 1. The van der Waals surface area contributed by atoms with Crippen LogP contribution in [0.15, 0.2) is 11.6 Å². The number of carbonyl (C=O) groups is 2. The minimum Gasteiger partial charge on any atom is -0.462 e. The molecule has 0 amide bonds. The van der Waals surface area contributed by atoms with E-state index in [2.05, 4.69) is 75.3 Å². The Morgan fingerprint density at radius 1 is 0.814 bits per heavy atom. The van der Waals surface area contributed by atoms with E-state index in [9.17, 15) is 9.59 Å². The molecule has 0 heterocycles. The fourth-order valence-electron chi connectivity index (χ4n) is 11.3. The topological polar surface area (TPSA) is 43.4 Å². The summed E-state index contributed by atoms with van der Waals surface area (Å²) in [6.45, 7) is 23.6. The maximum Gasteiger partial charge on any atom is 0.309 e. The second kappa shape index (κ2) is 13.7. The van der Waals surface area contributed by atoms with Gasteiger partial charge in [-0.05, 0) is 109 Å². The van der Waals surface area contributed by atoms with Gasteiger partial charge in [-0.3, -0.25) is 9.59 Å². The van der Waals surface area contributed by atoms with E-state index in [0.717, 1.165) is 55.3 Å². The molecule has 0 N–H and O–H groups in total. The van der Waals surface area contributed by atoms with Crippen molar-refractivity contribution in [2.75, 3.05) is 0 Å². The number of fused-ring (bicyclic) bond motifs is 5. The zero-order chi connectivity index (χ0) is 31.7. The van der Waals surface area contributed by atoms with Gasteiger partial charge < -0.3 is 4.74 Å². The van der Waals surface area contributed by atoms with Crippen molar-refractivity contribution < 1.29 is 14.3 Å². The Hall–Kier alpha value is -1.12. The van der Waals surface area contributed by atoms with Gasteiger partial charge in [0.2, 0.25) is 0 Å². The van der Waals surface area contributed by atoms with Crippen molar-refractivity contribution in [3.05, 3.63) is 11.6 Å². The van der Waals surface area contributed by atoms with E-state index in [1.165, 1.54) is 51.4 Å². The molecule has 4 rings (SSSR count). The molecule has 0 aromatic carbocycles. The fourth-order valence-corrected chi connectivity index (χ4v) is 11.3. The molecular weight excluding hydrogens is 528 g/mol. The number of ketones is 1. The van der Waals surface area contributed by atoms with Gasteiger partial charge in [-0.2, -0.15) is 0 Å². The van der Waals surface area contributed by atoms with Crippen LogP contribution in [0.25, 0.3) is 0 Å². The third-order valence-corrected chi connectivity index (χ3v) is 13.3. The van der Waals surface area contributed by atoms with Crippen LogP contribution in [0.3, 0.4) is 0 Å². The van der Waals surface area contributed by atoms with Crippen molar-refractivity contribution in [2.45, 2.75) is 165 Å². The van der Waals surface area contributed by atoms with Crippen molar-refractivity contribution in [1.82, 2.24) is 0 Å². The van der Waals surface area contributed by atoms with Crippen LogP contribution in [0.1, 0.15) is 159 Å². The summed E-state index contributed by atoms with van der Waals surface area (Å²) in [5, 5.41) is 0. The normalized spacial score (nSPS) is 37.0. The van der Waals surface area contributed by atoms with E-state index < -0.39 is 0 Å². The summed E-state index contributed by atoms with van der Waals surface area (Å²) in [6.07, 6.45) is 18.1. The molecule has 0 bridgehead atoms. The summed E-state index contributed by atoms with van der Waals surface area (Å²) < 4.78 is 6.26. The second-order valence-electron chi connectivity index (χ2n) is 18.0. The molecule has 3 heteroatoms. The lowest BCUT2D eigenvalue weighted by Crippen LogP contribution is -2.56. The predicted molar refractivity (Wildman–Crippen MR) is 180 cm³/mol. The second-order valence-corrected chi connectivity index (χ2v) is 18.0. The van der Waals surface area contributed by atoms with Crippen molar-refractivity contribution in [3.8, 4) is 0 Å². The van der Waals surface area contributed by atoms with Gasteiger partial charge in [0, 0.05) is 19.3 Å². The Bertz CT molecular complexity index is 1010. The smallest absolute Gasteiger partial charge is 0.309 e. The minimum absolute atomic E-state index is 0.0394. The van der Waals surface area contributed by atoms with Crippen LogP contribution in [0.2, 0.25) is 0 Å². The summed E-state index contributed by atoms with van der Waals surface area (Å²) in [5.41, 5.74) is 2.65. The van der Waals surface area contributed by atoms with Gasteiger partial charge in [0.05, 0.1) is 5.92 Å². The van der Waals surface area contributed by atoms with E-state index in [1.807, 2.05) is 0 Å². The summed E-state index contributed by atoms with van der Waals surface area (Å²) >= 11 is 0. The van der Waals surface area contributed by atoms with Gasteiger partial charge >= 0.3 is 5.97 Å². The highest BCUT2D eigenvalue weighted by Crippen LogP contribution is 2.72. The molecule has 0 aromatic heterocycles. The minimum atomic E-state index is -0.303. The molecule has 0 aromatic rings. The van der Waals surface area contributed by atoms with E-state index in [-0.39, 0.29) is 29.2 Å². The van der Waals surface area contributed by atoms with E-state index in [4.69, 9.17) is 4.74 Å². The zero-order valence-corrected chi connectivity index (χ0v) is 29.9. The van der Waals surface area contributed by atoms with Crippen molar-refractivity contribution in [1.29, 1.82) is 0 Å². The molecule has 9 atom stereocenters. The van der Waals surface area contributed by atoms with Crippen LogP contribution < -0.4 is 0 Å². The highest BCUT2D eigenvalue weighted by atomic mass is 16.5. The van der Waals surface area contributed by atoms with Gasteiger partial charge in [-0.1, -0.05) is 100 Å². The lowest BCUT2D eigenvalue weighted by molar-refractivity contribution is -0.160. The molecule has 4 aliphatic carbocycles. The Morgan fingerprint density at radius 2 is 1.53 bits per heavy atom. The van der Waals surface area contributed by atoms with Crippen LogP contribution in [0, 0.1) is 63.6 Å². The number of Topliss-reactive ketones (excluding diaryl/α,β-unsaturated/α-hetero) is 1. The lowest BCUT2D eigenvalue weighted by Gasteiger charge is -2.63. The average molecular weight is 597 g/mol. The summed E-state index contributed by atoms with van der Waals surface area (Å²) in [4.78, 5) is 26.1. The van der Waals surface area contributed by atoms with Gasteiger partial charge in [-0.25, -0.2) is 0 Å². The largest absolute Gasteiger partial charge is 0.462 e. The van der Waals surface area contributed by atoms with E-state index >= 15 is 0 Å². The number of rotatable bonds is 13. The Kier molecular flexibility index (Phi) is 11.1. The molecular formula is C40H68O3. The van der Waals surface area contributed by atoms with E-state index in [1.54, 1.807) is 5.57 Å². The monoisotopic (exact) mass is 597 g/mol. The fraction of sp³-hybridized carbons (Fsp3) is 0.900. The van der Waals surface area contributed by atoms with Crippen molar-refractivity contribution in [2.24, 2.45) is 63.6 Å².